The Hall–Kier alpha value is -0.380. The van der Waals surface area contributed by atoms with Gasteiger partial charge in [0.1, 0.15) is 6.10 Å². The van der Waals surface area contributed by atoms with Crippen molar-refractivity contribution in [3.8, 4) is 0 Å². The van der Waals surface area contributed by atoms with E-state index in [-0.39, 0.29) is 6.10 Å². The second kappa shape index (κ2) is 8.71. The minimum Gasteiger partial charge on any atom is -0.379 e. The molecule has 0 saturated heterocycles. The van der Waals surface area contributed by atoms with Gasteiger partial charge in [0.05, 0.1) is 19.8 Å². The molecule has 0 fully saturated rings. The van der Waals surface area contributed by atoms with Crippen LogP contribution < -0.4 is 0 Å². The van der Waals surface area contributed by atoms with Crippen molar-refractivity contribution in [2.45, 2.75) is 13.0 Å². The number of hydrogen-bond donors (Lipinski definition) is 0. The Kier molecular flexibility index (Phi) is 8.44. The molecule has 0 aliphatic carbocycles. The van der Waals surface area contributed by atoms with Crippen molar-refractivity contribution < 1.29 is 14.2 Å². The van der Waals surface area contributed by atoms with E-state index in [1.54, 1.807) is 13.2 Å². The lowest BCUT2D eigenvalue weighted by Gasteiger charge is -2.14. The smallest absolute Gasteiger partial charge is 0.104 e. The van der Waals surface area contributed by atoms with E-state index in [0.717, 1.165) is 0 Å². The fraction of sp³-hybridized carbons (Fsp3) is 0.778. The zero-order valence-corrected chi connectivity index (χ0v) is 7.91. The predicted molar refractivity (Wildman–Crippen MR) is 48.3 cm³/mol. The van der Waals surface area contributed by atoms with E-state index in [2.05, 4.69) is 6.58 Å². The van der Waals surface area contributed by atoms with Crippen molar-refractivity contribution in [2.75, 3.05) is 33.5 Å². The third-order valence-electron chi connectivity index (χ3n) is 1.38. The van der Waals surface area contributed by atoms with Gasteiger partial charge in [-0.25, -0.2) is 0 Å². The largest absolute Gasteiger partial charge is 0.379 e. The zero-order chi connectivity index (χ0) is 9.23. The van der Waals surface area contributed by atoms with Crippen LogP contribution in [-0.4, -0.2) is 39.6 Å². The Balaban J connectivity index is 3.32. The number of methoxy groups -OCH3 is 1. The van der Waals surface area contributed by atoms with E-state index < -0.39 is 0 Å². The third-order valence-corrected chi connectivity index (χ3v) is 1.38. The summed E-state index contributed by atoms with van der Waals surface area (Å²) in [6.07, 6.45) is 1.75. The van der Waals surface area contributed by atoms with Gasteiger partial charge in [0, 0.05) is 13.7 Å². The lowest BCUT2D eigenvalue weighted by molar-refractivity contribution is -0.0336. The molecule has 0 aromatic carbocycles. The van der Waals surface area contributed by atoms with Gasteiger partial charge < -0.3 is 14.2 Å². The van der Waals surface area contributed by atoms with Gasteiger partial charge in [-0.05, 0) is 6.92 Å². The van der Waals surface area contributed by atoms with Gasteiger partial charge in [0.15, 0.2) is 0 Å². The molecule has 0 spiro atoms. The zero-order valence-electron chi connectivity index (χ0n) is 7.91. The van der Waals surface area contributed by atoms with Crippen molar-refractivity contribution in [3.05, 3.63) is 12.7 Å². The summed E-state index contributed by atoms with van der Waals surface area (Å²) in [7, 11) is 1.65. The van der Waals surface area contributed by atoms with Crippen LogP contribution in [0.4, 0.5) is 0 Å². The Labute approximate surface area is 74.3 Å². The Morgan fingerprint density at radius 2 is 2.00 bits per heavy atom. The van der Waals surface area contributed by atoms with Crippen molar-refractivity contribution in [1.82, 2.24) is 0 Å². The standard InChI is InChI=1S/C9H18O3/c1-4-6-12-8-9(10-3)7-11-5-2/h4,9H,1,5-8H2,2-3H3. The van der Waals surface area contributed by atoms with E-state index >= 15 is 0 Å². The van der Waals surface area contributed by atoms with E-state index in [4.69, 9.17) is 14.2 Å². The van der Waals surface area contributed by atoms with Crippen LogP contribution >= 0.6 is 0 Å². The molecule has 0 amide bonds. The third kappa shape index (κ3) is 6.34. The average molecular weight is 174 g/mol. The van der Waals surface area contributed by atoms with Crippen molar-refractivity contribution >= 4 is 0 Å². The topological polar surface area (TPSA) is 27.7 Å². The highest BCUT2D eigenvalue weighted by atomic mass is 16.6. The maximum Gasteiger partial charge on any atom is 0.104 e. The summed E-state index contributed by atoms with van der Waals surface area (Å²) in [6.45, 7) is 7.92. The molecule has 3 nitrogen and oxygen atoms in total. The summed E-state index contributed by atoms with van der Waals surface area (Å²) in [5, 5.41) is 0. The number of rotatable bonds is 8. The molecule has 1 unspecified atom stereocenters. The first-order chi connectivity index (χ1) is 5.85. The van der Waals surface area contributed by atoms with Crippen molar-refractivity contribution in [2.24, 2.45) is 0 Å². The Bertz CT molecular complexity index is 104. The quantitative estimate of drug-likeness (QED) is 0.409. The molecular formula is C9H18O3. The van der Waals surface area contributed by atoms with E-state index in [0.29, 0.717) is 26.4 Å². The molecule has 0 N–H and O–H groups in total. The van der Waals surface area contributed by atoms with Gasteiger partial charge in [0.25, 0.3) is 0 Å². The van der Waals surface area contributed by atoms with E-state index in [1.807, 2.05) is 6.92 Å². The molecule has 0 radical (unpaired) electrons. The molecule has 0 rings (SSSR count). The lowest BCUT2D eigenvalue weighted by atomic mass is 10.4. The highest BCUT2D eigenvalue weighted by molar-refractivity contribution is 4.65. The second-order valence-electron chi connectivity index (χ2n) is 2.34. The van der Waals surface area contributed by atoms with Crippen LogP contribution in [0, 0.1) is 0 Å². The minimum absolute atomic E-state index is 0.0323. The molecule has 0 bridgehead atoms. The lowest BCUT2D eigenvalue weighted by Crippen LogP contribution is -2.24. The number of hydrogen-bond acceptors (Lipinski definition) is 3. The maximum atomic E-state index is 5.21. The first-order valence-electron chi connectivity index (χ1n) is 4.14. The first-order valence-corrected chi connectivity index (χ1v) is 4.14. The summed E-state index contributed by atoms with van der Waals surface area (Å²) < 4.78 is 15.5. The maximum absolute atomic E-state index is 5.21. The minimum atomic E-state index is 0.0323. The molecule has 0 saturated carbocycles. The number of ether oxygens (including phenoxy) is 3. The van der Waals surface area contributed by atoms with Crippen molar-refractivity contribution in [3.63, 3.8) is 0 Å². The first kappa shape index (κ1) is 11.6. The summed E-state index contributed by atoms with van der Waals surface area (Å²) in [5.74, 6) is 0. The molecule has 0 aromatic rings. The molecule has 1 atom stereocenters. The van der Waals surface area contributed by atoms with Crippen LogP contribution in [0.5, 0.6) is 0 Å². The molecule has 72 valence electrons. The molecule has 0 aliphatic rings. The van der Waals surface area contributed by atoms with Gasteiger partial charge in [-0.1, -0.05) is 6.08 Å². The highest BCUT2D eigenvalue weighted by Gasteiger charge is 2.05. The Morgan fingerprint density at radius 3 is 2.50 bits per heavy atom. The van der Waals surface area contributed by atoms with Gasteiger partial charge in [-0.3, -0.25) is 0 Å². The summed E-state index contributed by atoms with van der Waals surface area (Å²) >= 11 is 0. The van der Waals surface area contributed by atoms with Crippen LogP contribution in [0.3, 0.4) is 0 Å². The van der Waals surface area contributed by atoms with Crippen LogP contribution in [0.25, 0.3) is 0 Å². The van der Waals surface area contributed by atoms with E-state index in [9.17, 15) is 0 Å². The molecule has 3 heteroatoms. The monoisotopic (exact) mass is 174 g/mol. The molecule has 0 aliphatic heterocycles. The van der Waals surface area contributed by atoms with Gasteiger partial charge in [-0.15, -0.1) is 6.58 Å². The van der Waals surface area contributed by atoms with Crippen LogP contribution in [0.15, 0.2) is 12.7 Å². The summed E-state index contributed by atoms with van der Waals surface area (Å²) in [5.41, 5.74) is 0. The van der Waals surface area contributed by atoms with Gasteiger partial charge in [0.2, 0.25) is 0 Å². The van der Waals surface area contributed by atoms with Crippen LogP contribution in [-0.2, 0) is 14.2 Å². The Morgan fingerprint density at radius 1 is 1.33 bits per heavy atom. The van der Waals surface area contributed by atoms with Crippen LogP contribution in [0.1, 0.15) is 6.92 Å². The van der Waals surface area contributed by atoms with Gasteiger partial charge >= 0.3 is 0 Å². The molecule has 0 aromatic heterocycles. The van der Waals surface area contributed by atoms with Gasteiger partial charge in [-0.2, -0.15) is 0 Å². The fourth-order valence-corrected chi connectivity index (χ4v) is 0.716. The van der Waals surface area contributed by atoms with Crippen LogP contribution in [0.2, 0.25) is 0 Å². The predicted octanol–water partition coefficient (Wildman–Crippen LogP) is 1.24. The van der Waals surface area contributed by atoms with Crippen molar-refractivity contribution in [1.29, 1.82) is 0 Å². The van der Waals surface area contributed by atoms with E-state index in [1.165, 1.54) is 0 Å². The summed E-state index contributed by atoms with van der Waals surface area (Å²) in [6, 6.07) is 0. The molecule has 0 heterocycles. The SMILES string of the molecule is C=CCOCC(COCC)OC. The summed E-state index contributed by atoms with van der Waals surface area (Å²) in [4.78, 5) is 0. The molecular weight excluding hydrogens is 156 g/mol. The fourth-order valence-electron chi connectivity index (χ4n) is 0.716. The highest BCUT2D eigenvalue weighted by Crippen LogP contribution is 1.93. The second-order valence-corrected chi connectivity index (χ2v) is 2.34. The average Bonchev–Trinajstić information content (AvgIpc) is 2.11. The molecule has 12 heavy (non-hydrogen) atoms. The normalized spacial score (nSPS) is 12.8.